The Hall–Kier alpha value is -1.58. The molecule has 114 valence electrons. The van der Waals surface area contributed by atoms with Crippen molar-refractivity contribution in [3.63, 3.8) is 0 Å². The topological polar surface area (TPSA) is 72.2 Å². The molecule has 0 atom stereocenters. The highest BCUT2D eigenvalue weighted by atomic mass is 32.2. The van der Waals surface area contributed by atoms with Crippen molar-refractivity contribution < 1.29 is 21.6 Å². The number of sulfonamides is 1. The number of anilines is 1. The fraction of sp³-hybridized carbons (Fsp3) is 0.167. The van der Waals surface area contributed by atoms with E-state index in [0.29, 0.717) is 0 Å². The van der Waals surface area contributed by atoms with Gasteiger partial charge in [0, 0.05) is 17.6 Å². The van der Waals surface area contributed by atoms with E-state index in [1.165, 1.54) is 29.6 Å². The Morgan fingerprint density at radius 3 is 2.48 bits per heavy atom. The van der Waals surface area contributed by atoms with Gasteiger partial charge in [-0.1, -0.05) is 18.2 Å². The van der Waals surface area contributed by atoms with Crippen molar-refractivity contribution in [2.24, 2.45) is 0 Å². The smallest absolute Gasteiger partial charge is 0.398 e. The highest BCUT2D eigenvalue weighted by molar-refractivity contribution is 7.91. The van der Waals surface area contributed by atoms with Crippen molar-refractivity contribution in [3.8, 4) is 0 Å². The van der Waals surface area contributed by atoms with Gasteiger partial charge >= 0.3 is 6.18 Å². The van der Waals surface area contributed by atoms with E-state index in [2.05, 4.69) is 4.72 Å². The Morgan fingerprint density at radius 1 is 1.24 bits per heavy atom. The number of alkyl halides is 3. The first-order valence-corrected chi connectivity index (χ1v) is 8.05. The minimum Gasteiger partial charge on any atom is -0.398 e. The summed E-state index contributed by atoms with van der Waals surface area (Å²) in [5, 5.41) is 1.44. The van der Waals surface area contributed by atoms with E-state index in [1.54, 1.807) is 0 Å². The molecule has 2 aromatic rings. The van der Waals surface area contributed by atoms with Gasteiger partial charge in [0.1, 0.15) is 4.21 Å². The molecule has 21 heavy (non-hydrogen) atoms. The molecule has 0 spiro atoms. The number of benzene rings is 1. The number of nitrogens with one attached hydrogen (secondary N) is 1. The molecule has 4 nitrogen and oxygen atoms in total. The van der Waals surface area contributed by atoms with Crippen LogP contribution >= 0.6 is 11.3 Å². The summed E-state index contributed by atoms with van der Waals surface area (Å²) in [6.07, 6.45) is -4.53. The maximum atomic E-state index is 12.8. The van der Waals surface area contributed by atoms with Gasteiger partial charge in [0.05, 0.1) is 5.56 Å². The summed E-state index contributed by atoms with van der Waals surface area (Å²) in [5.74, 6) is 0. The second kappa shape index (κ2) is 5.66. The number of nitrogen functional groups attached to an aromatic ring is 1. The summed E-state index contributed by atoms with van der Waals surface area (Å²) in [7, 11) is -3.88. The molecule has 0 aliphatic heterocycles. The van der Waals surface area contributed by atoms with Gasteiger partial charge in [-0.2, -0.15) is 13.2 Å². The van der Waals surface area contributed by atoms with Crippen molar-refractivity contribution in [1.29, 1.82) is 0 Å². The number of hydrogen-bond donors (Lipinski definition) is 2. The number of thiophene rings is 1. The zero-order valence-electron chi connectivity index (χ0n) is 10.5. The monoisotopic (exact) mass is 336 g/mol. The van der Waals surface area contributed by atoms with Crippen LogP contribution < -0.4 is 10.5 Å². The van der Waals surface area contributed by atoms with Crippen molar-refractivity contribution in [1.82, 2.24) is 4.72 Å². The standard InChI is InChI=1S/C12H11F3N2O2S2/c13-12(14,15)10-4-2-1-3-8(10)6-17-21(18,19)11-5-9(16)7-20-11/h1-5,7,17H,6,16H2. The predicted octanol–water partition coefficient (Wildman–Crippen LogP) is 2.83. The minimum atomic E-state index is -4.53. The lowest BCUT2D eigenvalue weighted by molar-refractivity contribution is -0.138. The third-order valence-electron chi connectivity index (χ3n) is 2.64. The number of nitrogens with two attached hydrogens (primary N) is 1. The van der Waals surface area contributed by atoms with E-state index in [4.69, 9.17) is 5.73 Å². The van der Waals surface area contributed by atoms with Crippen molar-refractivity contribution in [2.45, 2.75) is 16.9 Å². The lowest BCUT2D eigenvalue weighted by Crippen LogP contribution is -2.24. The second-order valence-electron chi connectivity index (χ2n) is 4.18. The number of halogens is 3. The molecule has 2 rings (SSSR count). The SMILES string of the molecule is Nc1csc(S(=O)(=O)NCc2ccccc2C(F)(F)F)c1. The quantitative estimate of drug-likeness (QED) is 0.902. The van der Waals surface area contributed by atoms with Gasteiger partial charge in [0.15, 0.2) is 0 Å². The largest absolute Gasteiger partial charge is 0.416 e. The van der Waals surface area contributed by atoms with Crippen LogP contribution in [-0.2, 0) is 22.7 Å². The van der Waals surface area contributed by atoms with Crippen molar-refractivity contribution in [2.75, 3.05) is 5.73 Å². The number of rotatable bonds is 4. The molecule has 0 unspecified atom stereocenters. The first-order valence-electron chi connectivity index (χ1n) is 5.69. The van der Waals surface area contributed by atoms with Crippen LogP contribution in [0.3, 0.4) is 0 Å². The molecule has 0 saturated carbocycles. The molecule has 0 amide bonds. The molecule has 3 N–H and O–H groups in total. The summed E-state index contributed by atoms with van der Waals surface area (Å²) in [6, 6.07) is 6.06. The van der Waals surface area contributed by atoms with Crippen LogP contribution in [0.25, 0.3) is 0 Å². The highest BCUT2D eigenvalue weighted by Gasteiger charge is 2.33. The van der Waals surface area contributed by atoms with E-state index in [-0.39, 0.29) is 15.5 Å². The van der Waals surface area contributed by atoms with Gasteiger partial charge in [-0.3, -0.25) is 0 Å². The summed E-state index contributed by atoms with van der Waals surface area (Å²) in [6.45, 7) is -0.449. The summed E-state index contributed by atoms with van der Waals surface area (Å²) in [5.41, 5.74) is 4.72. The van der Waals surface area contributed by atoms with Crippen LogP contribution in [0.1, 0.15) is 11.1 Å². The zero-order valence-corrected chi connectivity index (χ0v) is 12.1. The first kappa shape index (κ1) is 15.8. The van der Waals surface area contributed by atoms with Crippen molar-refractivity contribution >= 4 is 27.0 Å². The maximum absolute atomic E-state index is 12.8. The molecule has 0 fully saturated rings. The predicted molar refractivity (Wildman–Crippen MR) is 74.2 cm³/mol. The van der Waals surface area contributed by atoms with E-state index in [0.717, 1.165) is 17.4 Å². The van der Waals surface area contributed by atoms with Crippen LogP contribution in [-0.4, -0.2) is 8.42 Å². The normalized spacial score (nSPS) is 12.5. The molecule has 9 heteroatoms. The van der Waals surface area contributed by atoms with E-state index >= 15 is 0 Å². The molecule has 0 aliphatic carbocycles. The third kappa shape index (κ3) is 3.74. The van der Waals surface area contributed by atoms with Crippen LogP contribution in [0.15, 0.2) is 39.9 Å². The Kier molecular flexibility index (Phi) is 4.26. The second-order valence-corrected chi connectivity index (χ2v) is 7.08. The Labute approximate surface area is 123 Å². The average molecular weight is 336 g/mol. The summed E-state index contributed by atoms with van der Waals surface area (Å²) in [4.78, 5) is 0. The fourth-order valence-corrected chi connectivity index (χ4v) is 3.80. The van der Waals surface area contributed by atoms with Gasteiger partial charge in [0.2, 0.25) is 10.0 Å². The lowest BCUT2D eigenvalue weighted by atomic mass is 10.1. The van der Waals surface area contributed by atoms with Gasteiger partial charge in [-0.15, -0.1) is 11.3 Å². The van der Waals surface area contributed by atoms with Gasteiger partial charge < -0.3 is 5.73 Å². The summed E-state index contributed by atoms with van der Waals surface area (Å²) >= 11 is 0.904. The molecule has 0 aliphatic rings. The Balaban J connectivity index is 2.21. The maximum Gasteiger partial charge on any atom is 0.416 e. The molecule has 1 heterocycles. The molecule has 0 bridgehead atoms. The fourth-order valence-electron chi connectivity index (χ4n) is 1.67. The lowest BCUT2D eigenvalue weighted by Gasteiger charge is -2.13. The van der Waals surface area contributed by atoms with E-state index in [1.807, 2.05) is 0 Å². The minimum absolute atomic E-state index is 0.0375. The number of hydrogen-bond acceptors (Lipinski definition) is 4. The molecule has 0 saturated heterocycles. The van der Waals surface area contributed by atoms with Crippen LogP contribution in [0.2, 0.25) is 0 Å². The molecular formula is C12H11F3N2O2S2. The Morgan fingerprint density at radius 2 is 1.90 bits per heavy atom. The van der Waals surface area contributed by atoms with E-state index < -0.39 is 28.3 Å². The van der Waals surface area contributed by atoms with Crippen LogP contribution in [0.5, 0.6) is 0 Å². The van der Waals surface area contributed by atoms with Gasteiger partial charge in [-0.05, 0) is 17.7 Å². The van der Waals surface area contributed by atoms with E-state index in [9.17, 15) is 21.6 Å². The molecular weight excluding hydrogens is 325 g/mol. The first-order chi connectivity index (χ1) is 9.70. The van der Waals surface area contributed by atoms with Crippen LogP contribution in [0, 0.1) is 0 Å². The molecule has 0 radical (unpaired) electrons. The van der Waals surface area contributed by atoms with Gasteiger partial charge in [0.25, 0.3) is 0 Å². The zero-order chi connectivity index (χ0) is 15.7. The molecule has 1 aromatic heterocycles. The van der Waals surface area contributed by atoms with Crippen LogP contribution in [0.4, 0.5) is 18.9 Å². The summed E-state index contributed by atoms with van der Waals surface area (Å²) < 4.78 is 64.4. The Bertz CT molecular complexity index is 739. The third-order valence-corrected chi connectivity index (χ3v) is 5.49. The van der Waals surface area contributed by atoms with Crippen molar-refractivity contribution in [3.05, 3.63) is 46.8 Å². The highest BCUT2D eigenvalue weighted by Crippen LogP contribution is 2.32. The molecule has 1 aromatic carbocycles. The average Bonchev–Trinajstić information content (AvgIpc) is 2.83. The van der Waals surface area contributed by atoms with Gasteiger partial charge in [-0.25, -0.2) is 13.1 Å².